The number of nitrogens with zero attached hydrogens (tertiary/aromatic N) is 1. The monoisotopic (exact) mass is 428 g/mol. The van der Waals surface area contributed by atoms with Crippen molar-refractivity contribution in [3.8, 4) is 0 Å². The van der Waals surface area contributed by atoms with Gasteiger partial charge in [-0.2, -0.15) is 0 Å². The summed E-state index contributed by atoms with van der Waals surface area (Å²) in [5.41, 5.74) is 1.90. The summed E-state index contributed by atoms with van der Waals surface area (Å²) in [4.78, 5) is 10.9. The molecule has 0 heterocycles. The van der Waals surface area contributed by atoms with Gasteiger partial charge in [-0.3, -0.25) is 4.79 Å². The van der Waals surface area contributed by atoms with E-state index in [1.165, 1.54) is 0 Å². The number of benzene rings is 1. The molecule has 0 unspecified atom stereocenters. The molecular formula is C13H20BrINO2+. The van der Waals surface area contributed by atoms with Crippen LogP contribution in [0.5, 0.6) is 0 Å². The van der Waals surface area contributed by atoms with Crippen molar-refractivity contribution >= 4 is 42.3 Å². The third-order valence-corrected chi connectivity index (χ3v) is 3.35. The first kappa shape index (κ1) is 18.0. The molecule has 0 amide bonds. The third kappa shape index (κ3) is 9.02. The topological polar surface area (TPSA) is 37.3 Å². The summed E-state index contributed by atoms with van der Waals surface area (Å²) < 4.78 is 0.932. The normalized spacial score (nSPS) is 10.6. The van der Waals surface area contributed by atoms with Crippen molar-refractivity contribution in [3.05, 3.63) is 35.4 Å². The van der Waals surface area contributed by atoms with Crippen LogP contribution in [0.4, 0.5) is 0 Å². The second-order valence-corrected chi connectivity index (χ2v) is 6.39. The minimum absolute atomic E-state index is 0.0883. The SMILES string of the molecule is C[N+](C)(C)CCO.O=C(I)c1cccc(CBr)c1. The van der Waals surface area contributed by atoms with E-state index in [1.54, 1.807) is 22.6 Å². The number of rotatable bonds is 4. The van der Waals surface area contributed by atoms with Crippen LogP contribution in [0, 0.1) is 0 Å². The van der Waals surface area contributed by atoms with Crippen LogP contribution in [0.3, 0.4) is 0 Å². The maximum atomic E-state index is 10.9. The lowest BCUT2D eigenvalue weighted by molar-refractivity contribution is -0.870. The highest BCUT2D eigenvalue weighted by molar-refractivity contribution is 14.1. The van der Waals surface area contributed by atoms with Crippen molar-refractivity contribution in [1.29, 1.82) is 0 Å². The van der Waals surface area contributed by atoms with Crippen LogP contribution in [0.15, 0.2) is 24.3 Å². The zero-order chi connectivity index (χ0) is 14.2. The van der Waals surface area contributed by atoms with Crippen LogP contribution >= 0.6 is 38.5 Å². The van der Waals surface area contributed by atoms with Gasteiger partial charge in [-0.05, 0) is 11.6 Å². The number of halogens is 2. The van der Waals surface area contributed by atoms with E-state index in [9.17, 15) is 4.79 Å². The molecule has 0 saturated carbocycles. The molecule has 0 aliphatic rings. The Morgan fingerprint density at radius 3 is 2.33 bits per heavy atom. The van der Waals surface area contributed by atoms with Crippen LogP contribution in [-0.2, 0) is 5.33 Å². The van der Waals surface area contributed by atoms with Gasteiger partial charge in [0.15, 0.2) is 0 Å². The van der Waals surface area contributed by atoms with Crippen molar-refractivity contribution < 1.29 is 14.4 Å². The van der Waals surface area contributed by atoms with E-state index in [-0.39, 0.29) is 10.4 Å². The maximum Gasteiger partial charge on any atom is 0.222 e. The molecule has 1 rings (SSSR count). The molecule has 5 heteroatoms. The second-order valence-electron chi connectivity index (χ2n) is 4.85. The van der Waals surface area contributed by atoms with Gasteiger partial charge in [-0.15, -0.1) is 0 Å². The summed E-state index contributed by atoms with van der Waals surface area (Å²) in [6.07, 6.45) is 0. The Morgan fingerprint density at radius 1 is 1.39 bits per heavy atom. The number of carbonyl (C=O) groups excluding carboxylic acids is 1. The first-order chi connectivity index (χ1) is 8.30. The highest BCUT2D eigenvalue weighted by Gasteiger charge is 2.02. The van der Waals surface area contributed by atoms with Crippen LogP contribution in [-0.4, -0.2) is 47.7 Å². The van der Waals surface area contributed by atoms with Gasteiger partial charge in [0.25, 0.3) is 0 Å². The van der Waals surface area contributed by atoms with Gasteiger partial charge < -0.3 is 9.59 Å². The number of hydrogen-bond acceptors (Lipinski definition) is 2. The zero-order valence-corrected chi connectivity index (χ0v) is 14.7. The Labute approximate surface area is 131 Å². The average Bonchev–Trinajstić information content (AvgIpc) is 2.28. The van der Waals surface area contributed by atoms with Crippen molar-refractivity contribution in [2.45, 2.75) is 5.33 Å². The smallest absolute Gasteiger partial charge is 0.222 e. The Bertz CT molecular complexity index is 377. The fourth-order valence-electron chi connectivity index (χ4n) is 1.08. The number of carbonyl (C=O) groups is 1. The number of quaternary nitrogens is 1. The fourth-order valence-corrected chi connectivity index (χ4v) is 1.76. The molecule has 1 N–H and O–H groups in total. The van der Waals surface area contributed by atoms with Gasteiger partial charge in [-0.25, -0.2) is 0 Å². The minimum Gasteiger partial charge on any atom is -0.391 e. The number of aliphatic hydroxyl groups is 1. The summed E-state index contributed by atoms with van der Waals surface area (Å²) in [7, 11) is 6.16. The van der Waals surface area contributed by atoms with E-state index in [2.05, 4.69) is 37.1 Å². The molecule has 0 spiro atoms. The molecule has 0 atom stereocenters. The number of likely N-dealkylation sites (N-methyl/N-ethyl adjacent to an activating group) is 1. The van der Waals surface area contributed by atoms with Gasteiger partial charge in [0.2, 0.25) is 3.79 Å². The van der Waals surface area contributed by atoms with Gasteiger partial charge in [-0.1, -0.05) is 34.1 Å². The molecule has 18 heavy (non-hydrogen) atoms. The van der Waals surface area contributed by atoms with E-state index in [1.807, 2.05) is 24.3 Å². The van der Waals surface area contributed by atoms with Crippen molar-refractivity contribution in [1.82, 2.24) is 0 Å². The first-order valence-electron chi connectivity index (χ1n) is 5.56. The molecule has 1 aromatic carbocycles. The fraction of sp³-hybridized carbons (Fsp3) is 0.462. The Morgan fingerprint density at radius 2 is 2.00 bits per heavy atom. The van der Waals surface area contributed by atoms with Crippen LogP contribution in [0.1, 0.15) is 15.9 Å². The van der Waals surface area contributed by atoms with E-state index < -0.39 is 0 Å². The minimum atomic E-state index is 0.0883. The zero-order valence-electron chi connectivity index (χ0n) is 11.0. The van der Waals surface area contributed by atoms with Crippen LogP contribution < -0.4 is 0 Å². The second kappa shape index (κ2) is 9.01. The van der Waals surface area contributed by atoms with Crippen LogP contribution in [0.25, 0.3) is 0 Å². The van der Waals surface area contributed by atoms with Crippen molar-refractivity contribution in [2.24, 2.45) is 0 Å². The van der Waals surface area contributed by atoms with Crippen molar-refractivity contribution in [2.75, 3.05) is 34.3 Å². The lowest BCUT2D eigenvalue weighted by Crippen LogP contribution is -2.36. The van der Waals surface area contributed by atoms with E-state index in [0.717, 1.165) is 27.5 Å². The van der Waals surface area contributed by atoms with Gasteiger partial charge in [0.05, 0.1) is 27.7 Å². The van der Waals surface area contributed by atoms with E-state index in [0.29, 0.717) is 0 Å². The molecule has 0 aliphatic heterocycles. The molecular weight excluding hydrogens is 409 g/mol. The number of alkyl halides is 1. The predicted molar refractivity (Wildman–Crippen MR) is 87.4 cm³/mol. The molecule has 102 valence electrons. The summed E-state index contributed by atoms with van der Waals surface area (Å²) in [6.45, 7) is 1.11. The third-order valence-electron chi connectivity index (χ3n) is 2.08. The Hall–Kier alpha value is 0.0200. The Balaban J connectivity index is 0.000000360. The predicted octanol–water partition coefficient (Wildman–Crippen LogP) is 2.84. The van der Waals surface area contributed by atoms with Crippen LogP contribution in [0.2, 0.25) is 0 Å². The summed E-state index contributed by atoms with van der Waals surface area (Å²) >= 11 is 5.11. The molecule has 3 nitrogen and oxygen atoms in total. The quantitative estimate of drug-likeness (QED) is 0.346. The van der Waals surface area contributed by atoms with E-state index in [4.69, 9.17) is 5.11 Å². The molecule has 1 aromatic rings. The van der Waals surface area contributed by atoms with Gasteiger partial charge in [0, 0.05) is 33.5 Å². The summed E-state index contributed by atoms with van der Waals surface area (Å²) in [6, 6.07) is 7.59. The summed E-state index contributed by atoms with van der Waals surface area (Å²) in [5, 5.41) is 9.18. The lowest BCUT2D eigenvalue weighted by Gasteiger charge is -2.21. The molecule has 0 fully saturated rings. The molecule has 0 aromatic heterocycles. The molecule has 0 bridgehead atoms. The average molecular weight is 429 g/mol. The van der Waals surface area contributed by atoms with Crippen molar-refractivity contribution in [3.63, 3.8) is 0 Å². The molecule has 0 saturated heterocycles. The standard InChI is InChI=1S/C8H6BrIO.C5H14NO/c9-5-6-2-1-3-7(4-6)8(10)11;1-6(2,3)4-5-7/h1-4H,5H2;7H,4-5H2,1-3H3/q;+1. The maximum absolute atomic E-state index is 10.9. The Kier molecular flexibility index (Phi) is 9.02. The highest BCUT2D eigenvalue weighted by Crippen LogP contribution is 2.11. The summed E-state index contributed by atoms with van der Waals surface area (Å²) in [5.74, 6) is 0. The lowest BCUT2D eigenvalue weighted by atomic mass is 10.2. The number of aliphatic hydroxyl groups excluding tert-OH is 1. The first-order valence-corrected chi connectivity index (χ1v) is 7.76. The highest BCUT2D eigenvalue weighted by atomic mass is 127. The van der Waals surface area contributed by atoms with Gasteiger partial charge in [0.1, 0.15) is 6.54 Å². The van der Waals surface area contributed by atoms with Gasteiger partial charge >= 0.3 is 0 Å². The number of hydrogen-bond donors (Lipinski definition) is 1. The van der Waals surface area contributed by atoms with E-state index >= 15 is 0 Å². The molecule has 0 radical (unpaired) electrons. The largest absolute Gasteiger partial charge is 0.391 e. The molecule has 0 aliphatic carbocycles.